The molecular weight excluding hydrogens is 246 g/mol. The molecule has 1 fully saturated rings. The van der Waals surface area contributed by atoms with Gasteiger partial charge in [-0.15, -0.1) is 0 Å². The molecule has 1 saturated heterocycles. The lowest BCUT2D eigenvalue weighted by Crippen LogP contribution is -2.18. The van der Waals surface area contributed by atoms with E-state index < -0.39 is 0 Å². The van der Waals surface area contributed by atoms with Gasteiger partial charge in [-0.3, -0.25) is 0 Å². The molecule has 1 aliphatic rings. The van der Waals surface area contributed by atoms with Gasteiger partial charge in [0.2, 0.25) is 0 Å². The van der Waals surface area contributed by atoms with Crippen LogP contribution < -0.4 is 14.8 Å². The third-order valence-corrected chi connectivity index (χ3v) is 4.39. The number of anilines is 1. The Labute approximate surface area is 113 Å². The summed E-state index contributed by atoms with van der Waals surface area (Å²) in [6.45, 7) is 4.91. The molecule has 0 saturated carbocycles. The summed E-state index contributed by atoms with van der Waals surface area (Å²) < 4.78 is 10.9. The molecule has 1 aliphatic heterocycles. The van der Waals surface area contributed by atoms with Gasteiger partial charge >= 0.3 is 0 Å². The van der Waals surface area contributed by atoms with Crippen molar-refractivity contribution in [1.29, 1.82) is 0 Å². The highest BCUT2D eigenvalue weighted by molar-refractivity contribution is 8.00. The molecule has 0 radical (unpaired) electrons. The summed E-state index contributed by atoms with van der Waals surface area (Å²) in [4.78, 5) is 0. The van der Waals surface area contributed by atoms with E-state index in [9.17, 15) is 0 Å². The van der Waals surface area contributed by atoms with Gasteiger partial charge in [0, 0.05) is 28.8 Å². The number of methoxy groups -OCH3 is 1. The lowest BCUT2D eigenvalue weighted by Gasteiger charge is -2.16. The molecule has 1 aromatic rings. The molecule has 4 heteroatoms. The highest BCUT2D eigenvalue weighted by Gasteiger charge is 2.21. The molecule has 0 amide bonds. The van der Waals surface area contributed by atoms with E-state index in [-0.39, 0.29) is 0 Å². The van der Waals surface area contributed by atoms with Crippen molar-refractivity contribution in [1.82, 2.24) is 0 Å². The van der Waals surface area contributed by atoms with Gasteiger partial charge in [0.25, 0.3) is 0 Å². The van der Waals surface area contributed by atoms with Gasteiger partial charge in [-0.1, -0.05) is 6.92 Å². The predicted molar refractivity (Wildman–Crippen MR) is 78.1 cm³/mol. The van der Waals surface area contributed by atoms with Crippen LogP contribution in [0.1, 0.15) is 20.3 Å². The highest BCUT2D eigenvalue weighted by Crippen LogP contribution is 2.33. The van der Waals surface area contributed by atoms with E-state index in [0.29, 0.717) is 12.6 Å². The van der Waals surface area contributed by atoms with Crippen LogP contribution in [0.25, 0.3) is 0 Å². The average Bonchev–Trinajstić information content (AvgIpc) is 2.77. The van der Waals surface area contributed by atoms with Crippen LogP contribution in [-0.4, -0.2) is 30.8 Å². The first-order valence-electron chi connectivity index (χ1n) is 6.42. The summed E-state index contributed by atoms with van der Waals surface area (Å²) in [7, 11) is 1.68. The molecule has 2 unspecified atom stereocenters. The van der Waals surface area contributed by atoms with Gasteiger partial charge in [-0.05, 0) is 25.5 Å². The van der Waals surface area contributed by atoms with Gasteiger partial charge < -0.3 is 14.8 Å². The zero-order valence-electron chi connectivity index (χ0n) is 11.2. The number of ether oxygens (including phenoxy) is 2. The quantitative estimate of drug-likeness (QED) is 0.885. The van der Waals surface area contributed by atoms with E-state index in [0.717, 1.165) is 22.4 Å². The van der Waals surface area contributed by atoms with Gasteiger partial charge in [-0.2, -0.15) is 11.8 Å². The Bertz CT molecular complexity index is 397. The second kappa shape index (κ2) is 6.23. The largest absolute Gasteiger partial charge is 0.493 e. The lowest BCUT2D eigenvalue weighted by molar-refractivity contribution is 0.311. The van der Waals surface area contributed by atoms with E-state index >= 15 is 0 Å². The van der Waals surface area contributed by atoms with Gasteiger partial charge in [0.15, 0.2) is 11.5 Å². The summed E-state index contributed by atoms with van der Waals surface area (Å²) in [5, 5.41) is 4.32. The Morgan fingerprint density at radius 3 is 2.83 bits per heavy atom. The number of hydrogen-bond donors (Lipinski definition) is 1. The summed E-state index contributed by atoms with van der Waals surface area (Å²) in [6.07, 6.45) is 1.22. The Hall–Kier alpha value is -1.03. The van der Waals surface area contributed by atoms with Crippen molar-refractivity contribution in [3.63, 3.8) is 0 Å². The van der Waals surface area contributed by atoms with E-state index in [1.54, 1.807) is 7.11 Å². The number of rotatable bonds is 5. The highest BCUT2D eigenvalue weighted by atomic mass is 32.2. The fourth-order valence-corrected chi connectivity index (χ4v) is 3.33. The third kappa shape index (κ3) is 3.25. The molecule has 1 aromatic carbocycles. The van der Waals surface area contributed by atoms with Crippen molar-refractivity contribution in [2.75, 3.05) is 24.8 Å². The van der Waals surface area contributed by atoms with Crippen molar-refractivity contribution in [3.8, 4) is 11.5 Å². The lowest BCUT2D eigenvalue weighted by atomic mass is 10.2. The van der Waals surface area contributed by atoms with Crippen molar-refractivity contribution < 1.29 is 9.47 Å². The number of hydrogen-bond acceptors (Lipinski definition) is 4. The van der Waals surface area contributed by atoms with Crippen LogP contribution >= 0.6 is 11.8 Å². The summed E-state index contributed by atoms with van der Waals surface area (Å²) in [5.74, 6) is 2.77. The van der Waals surface area contributed by atoms with Crippen molar-refractivity contribution in [3.05, 3.63) is 18.2 Å². The molecule has 0 aliphatic carbocycles. The molecule has 18 heavy (non-hydrogen) atoms. The molecule has 0 bridgehead atoms. The fraction of sp³-hybridized carbons (Fsp3) is 0.571. The maximum Gasteiger partial charge on any atom is 0.162 e. The molecular formula is C14H21NO2S. The molecule has 1 heterocycles. The van der Waals surface area contributed by atoms with Gasteiger partial charge in [0.1, 0.15) is 0 Å². The van der Waals surface area contributed by atoms with Gasteiger partial charge in [-0.25, -0.2) is 0 Å². The Morgan fingerprint density at radius 2 is 2.22 bits per heavy atom. The second-order valence-corrected chi connectivity index (χ2v) is 5.99. The SMILES string of the molecule is CCOc1ccc(NC2CSC(C)C2)cc1OC. The Balaban J connectivity index is 2.05. The molecule has 100 valence electrons. The number of nitrogens with one attached hydrogen (secondary N) is 1. The van der Waals surface area contributed by atoms with Crippen molar-refractivity contribution in [2.45, 2.75) is 31.6 Å². The average molecular weight is 267 g/mol. The van der Waals surface area contributed by atoms with Crippen LogP contribution in [0.5, 0.6) is 11.5 Å². The third-order valence-electron chi connectivity index (χ3n) is 3.03. The minimum Gasteiger partial charge on any atom is -0.493 e. The first-order valence-corrected chi connectivity index (χ1v) is 7.46. The standard InChI is InChI=1S/C14H21NO2S/c1-4-17-13-6-5-11(8-14(13)16-3)15-12-7-10(2)18-9-12/h5-6,8,10,12,15H,4,7,9H2,1-3H3. The van der Waals surface area contributed by atoms with Gasteiger partial charge in [0.05, 0.1) is 13.7 Å². The Kier molecular flexibility index (Phi) is 4.64. The maximum absolute atomic E-state index is 5.51. The van der Waals surface area contributed by atoms with Crippen molar-refractivity contribution >= 4 is 17.4 Å². The van der Waals surface area contributed by atoms with Crippen LogP contribution in [0.3, 0.4) is 0 Å². The molecule has 2 rings (SSSR count). The number of benzene rings is 1. The monoisotopic (exact) mass is 267 g/mol. The Morgan fingerprint density at radius 1 is 1.39 bits per heavy atom. The minimum absolute atomic E-state index is 0.563. The smallest absolute Gasteiger partial charge is 0.162 e. The fourth-order valence-electron chi connectivity index (χ4n) is 2.19. The maximum atomic E-state index is 5.51. The van der Waals surface area contributed by atoms with E-state index in [1.165, 1.54) is 12.2 Å². The van der Waals surface area contributed by atoms with Crippen LogP contribution in [-0.2, 0) is 0 Å². The first-order chi connectivity index (χ1) is 8.72. The van der Waals surface area contributed by atoms with Crippen LogP contribution in [0.15, 0.2) is 18.2 Å². The second-order valence-electron chi connectivity index (χ2n) is 4.52. The zero-order valence-corrected chi connectivity index (χ0v) is 12.0. The molecule has 0 aromatic heterocycles. The zero-order chi connectivity index (χ0) is 13.0. The molecule has 0 spiro atoms. The summed E-state index contributed by atoms with van der Waals surface area (Å²) in [6, 6.07) is 6.60. The van der Waals surface area contributed by atoms with E-state index in [2.05, 4.69) is 18.3 Å². The van der Waals surface area contributed by atoms with E-state index in [1.807, 2.05) is 30.8 Å². The molecule has 1 N–H and O–H groups in total. The molecule has 2 atom stereocenters. The summed E-state index contributed by atoms with van der Waals surface area (Å²) in [5.41, 5.74) is 1.11. The normalized spacial score (nSPS) is 22.8. The predicted octanol–water partition coefficient (Wildman–Crippen LogP) is 3.40. The van der Waals surface area contributed by atoms with Crippen molar-refractivity contribution in [2.24, 2.45) is 0 Å². The topological polar surface area (TPSA) is 30.5 Å². The molecule has 3 nitrogen and oxygen atoms in total. The summed E-state index contributed by atoms with van der Waals surface area (Å²) >= 11 is 2.03. The van der Waals surface area contributed by atoms with Crippen LogP contribution in [0.4, 0.5) is 5.69 Å². The number of thioether (sulfide) groups is 1. The van der Waals surface area contributed by atoms with Crippen LogP contribution in [0.2, 0.25) is 0 Å². The minimum atomic E-state index is 0.563. The first kappa shape index (κ1) is 13.4. The van der Waals surface area contributed by atoms with Crippen LogP contribution in [0, 0.1) is 0 Å². The van der Waals surface area contributed by atoms with E-state index in [4.69, 9.17) is 9.47 Å².